The molecule has 1 atom stereocenters. The van der Waals surface area contributed by atoms with E-state index in [9.17, 15) is 4.79 Å². The minimum atomic E-state index is -0.446. The summed E-state index contributed by atoms with van der Waals surface area (Å²) in [6.07, 6.45) is 5.01. The number of esters is 1. The second-order valence-corrected chi connectivity index (χ2v) is 3.02. The van der Waals surface area contributed by atoms with Crippen LogP contribution in [0.2, 0.25) is 0 Å². The van der Waals surface area contributed by atoms with Crippen LogP contribution in [0.5, 0.6) is 0 Å². The van der Waals surface area contributed by atoms with Crippen molar-refractivity contribution in [2.45, 2.75) is 12.3 Å². The summed E-state index contributed by atoms with van der Waals surface area (Å²) in [6.45, 7) is 2.38. The van der Waals surface area contributed by atoms with E-state index in [4.69, 9.17) is 21.1 Å². The molecule has 13 heavy (non-hydrogen) atoms. The molecule has 1 heterocycles. The molecule has 72 valence electrons. The van der Waals surface area contributed by atoms with Crippen LogP contribution in [0.1, 0.15) is 6.92 Å². The van der Waals surface area contributed by atoms with Crippen molar-refractivity contribution in [3.63, 3.8) is 0 Å². The second-order valence-electron chi connectivity index (χ2n) is 2.46. The van der Waals surface area contributed by atoms with Crippen LogP contribution in [0.4, 0.5) is 0 Å². The van der Waals surface area contributed by atoms with Gasteiger partial charge in [0.1, 0.15) is 6.61 Å². The molecule has 0 bridgehead atoms. The van der Waals surface area contributed by atoms with Gasteiger partial charge >= 0.3 is 5.97 Å². The Morgan fingerprint density at radius 3 is 3.31 bits per heavy atom. The van der Waals surface area contributed by atoms with Gasteiger partial charge in [-0.05, 0) is 13.0 Å². The number of rotatable bonds is 2. The highest BCUT2D eigenvalue weighted by molar-refractivity contribution is 6.22. The largest absolute Gasteiger partial charge is 0.485 e. The quantitative estimate of drug-likeness (QED) is 0.504. The smallest absolute Gasteiger partial charge is 0.373 e. The minimum absolute atomic E-state index is 0.192. The Kier molecular flexibility index (Phi) is 3.83. The van der Waals surface area contributed by atoms with E-state index < -0.39 is 5.97 Å². The van der Waals surface area contributed by atoms with Gasteiger partial charge in [-0.25, -0.2) is 4.79 Å². The van der Waals surface area contributed by atoms with Crippen LogP contribution in [0.25, 0.3) is 0 Å². The van der Waals surface area contributed by atoms with Gasteiger partial charge in [-0.2, -0.15) is 0 Å². The van der Waals surface area contributed by atoms with Crippen LogP contribution >= 0.6 is 11.6 Å². The average Bonchev–Trinajstić information content (AvgIpc) is 2.30. The molecule has 0 aliphatic carbocycles. The van der Waals surface area contributed by atoms with E-state index in [1.54, 1.807) is 25.2 Å². The molecule has 0 N–H and O–H groups in total. The molecular formula is C9H11ClO3. The SMILES string of the molecule is CCOC(=O)C1=CC=CC(Cl)CO1. The standard InChI is InChI=1S/C9H11ClO3/c1-2-12-9(11)8-5-3-4-7(10)6-13-8/h3-5,7H,2,6H2,1H3. The van der Waals surface area contributed by atoms with Crippen molar-refractivity contribution >= 4 is 17.6 Å². The zero-order valence-corrected chi connectivity index (χ0v) is 8.08. The number of hydrogen-bond acceptors (Lipinski definition) is 3. The molecule has 0 spiro atoms. The molecule has 1 rings (SSSR count). The van der Waals surface area contributed by atoms with Crippen molar-refractivity contribution < 1.29 is 14.3 Å². The van der Waals surface area contributed by atoms with Crippen molar-refractivity contribution in [1.82, 2.24) is 0 Å². The third-order valence-corrected chi connectivity index (χ3v) is 1.71. The van der Waals surface area contributed by atoms with Crippen LogP contribution in [0.3, 0.4) is 0 Å². The maximum Gasteiger partial charge on any atom is 0.373 e. The summed E-state index contributed by atoms with van der Waals surface area (Å²) in [5, 5.41) is -0.192. The van der Waals surface area contributed by atoms with E-state index >= 15 is 0 Å². The molecule has 1 aliphatic heterocycles. The van der Waals surface area contributed by atoms with Crippen molar-refractivity contribution in [2.24, 2.45) is 0 Å². The Labute approximate surface area is 82.0 Å². The molecule has 1 aliphatic rings. The Morgan fingerprint density at radius 1 is 1.85 bits per heavy atom. The number of carbonyl (C=O) groups is 1. The van der Waals surface area contributed by atoms with E-state index in [0.717, 1.165) is 0 Å². The molecule has 0 saturated heterocycles. The fourth-order valence-electron chi connectivity index (χ4n) is 0.866. The molecule has 4 heteroatoms. The second kappa shape index (κ2) is 4.92. The predicted octanol–water partition coefficient (Wildman–Crippen LogP) is 1.63. The Morgan fingerprint density at radius 2 is 2.62 bits per heavy atom. The summed E-state index contributed by atoms with van der Waals surface area (Å²) in [6, 6.07) is 0. The Hall–Kier alpha value is -0.960. The lowest BCUT2D eigenvalue weighted by molar-refractivity contribution is -0.142. The van der Waals surface area contributed by atoms with Crippen LogP contribution in [-0.4, -0.2) is 24.6 Å². The number of alkyl halides is 1. The van der Waals surface area contributed by atoms with Gasteiger partial charge in [0.2, 0.25) is 5.76 Å². The van der Waals surface area contributed by atoms with Gasteiger partial charge in [0, 0.05) is 0 Å². The lowest BCUT2D eigenvalue weighted by Gasteiger charge is -2.08. The number of halogens is 1. The highest BCUT2D eigenvalue weighted by Gasteiger charge is 2.14. The molecule has 0 aromatic carbocycles. The summed E-state index contributed by atoms with van der Waals surface area (Å²) >= 11 is 5.77. The van der Waals surface area contributed by atoms with E-state index in [1.165, 1.54) is 0 Å². The number of allylic oxidation sites excluding steroid dienone is 2. The zero-order chi connectivity index (χ0) is 9.68. The first-order valence-corrected chi connectivity index (χ1v) is 4.50. The highest BCUT2D eigenvalue weighted by Crippen LogP contribution is 2.10. The minimum Gasteiger partial charge on any atom is -0.485 e. The van der Waals surface area contributed by atoms with E-state index in [2.05, 4.69) is 0 Å². The first kappa shape index (κ1) is 10.1. The summed E-state index contributed by atoms with van der Waals surface area (Å²) in [5.41, 5.74) is 0. The first-order valence-electron chi connectivity index (χ1n) is 4.06. The number of ether oxygens (including phenoxy) is 2. The Bertz CT molecular complexity index is 245. The van der Waals surface area contributed by atoms with Crippen molar-refractivity contribution in [3.8, 4) is 0 Å². The maximum atomic E-state index is 11.2. The molecule has 1 unspecified atom stereocenters. The third kappa shape index (κ3) is 3.11. The van der Waals surface area contributed by atoms with Crippen molar-refractivity contribution in [2.75, 3.05) is 13.2 Å². The van der Waals surface area contributed by atoms with Gasteiger partial charge in [0.25, 0.3) is 0 Å². The van der Waals surface area contributed by atoms with Crippen LogP contribution < -0.4 is 0 Å². The van der Waals surface area contributed by atoms with E-state index in [-0.39, 0.29) is 11.1 Å². The summed E-state index contributed by atoms with van der Waals surface area (Å²) in [4.78, 5) is 11.2. The normalized spacial score (nSPS) is 21.4. The first-order chi connectivity index (χ1) is 6.24. The van der Waals surface area contributed by atoms with E-state index in [1.807, 2.05) is 0 Å². The van der Waals surface area contributed by atoms with Gasteiger partial charge in [0.15, 0.2) is 0 Å². The van der Waals surface area contributed by atoms with Gasteiger partial charge in [-0.1, -0.05) is 12.2 Å². The van der Waals surface area contributed by atoms with Gasteiger partial charge in [-0.15, -0.1) is 11.6 Å². The number of carbonyl (C=O) groups excluding carboxylic acids is 1. The number of hydrogen-bond donors (Lipinski definition) is 0. The lowest BCUT2D eigenvalue weighted by atomic mass is 10.4. The molecule has 0 aromatic heterocycles. The van der Waals surface area contributed by atoms with Crippen LogP contribution in [0.15, 0.2) is 24.0 Å². The van der Waals surface area contributed by atoms with Crippen molar-refractivity contribution in [3.05, 3.63) is 24.0 Å². The van der Waals surface area contributed by atoms with Crippen LogP contribution in [-0.2, 0) is 14.3 Å². The summed E-state index contributed by atoms with van der Waals surface area (Å²) in [5.74, 6) is -0.237. The summed E-state index contributed by atoms with van der Waals surface area (Å²) < 4.78 is 9.88. The van der Waals surface area contributed by atoms with Crippen molar-refractivity contribution in [1.29, 1.82) is 0 Å². The average molecular weight is 203 g/mol. The van der Waals surface area contributed by atoms with E-state index in [0.29, 0.717) is 13.2 Å². The summed E-state index contributed by atoms with van der Waals surface area (Å²) in [7, 11) is 0. The molecule has 0 fully saturated rings. The van der Waals surface area contributed by atoms with Gasteiger partial charge in [0.05, 0.1) is 12.0 Å². The zero-order valence-electron chi connectivity index (χ0n) is 7.33. The third-order valence-electron chi connectivity index (χ3n) is 1.44. The predicted molar refractivity (Wildman–Crippen MR) is 49.4 cm³/mol. The molecule has 0 aromatic rings. The van der Waals surface area contributed by atoms with Gasteiger partial charge < -0.3 is 9.47 Å². The fraction of sp³-hybridized carbons (Fsp3) is 0.444. The monoisotopic (exact) mass is 202 g/mol. The molecule has 3 nitrogen and oxygen atoms in total. The molecular weight excluding hydrogens is 192 g/mol. The van der Waals surface area contributed by atoms with Crippen LogP contribution in [0, 0.1) is 0 Å². The Balaban J connectivity index is 2.56. The lowest BCUT2D eigenvalue weighted by Crippen LogP contribution is -2.13. The highest BCUT2D eigenvalue weighted by atomic mass is 35.5. The topological polar surface area (TPSA) is 35.5 Å². The molecule has 0 amide bonds. The van der Waals surface area contributed by atoms with Gasteiger partial charge in [-0.3, -0.25) is 0 Å². The molecule has 0 radical (unpaired) electrons. The molecule has 0 saturated carbocycles. The fourth-order valence-corrected chi connectivity index (χ4v) is 1.01. The maximum absolute atomic E-state index is 11.2.